The molecule has 0 aliphatic heterocycles. The van der Waals surface area contributed by atoms with Gasteiger partial charge in [0.15, 0.2) is 0 Å². The van der Waals surface area contributed by atoms with Gasteiger partial charge in [-0.1, -0.05) is 17.7 Å². The van der Waals surface area contributed by atoms with Gasteiger partial charge in [0, 0.05) is 11.0 Å². The van der Waals surface area contributed by atoms with E-state index in [1.54, 1.807) is 30.0 Å². The van der Waals surface area contributed by atoms with E-state index in [0.29, 0.717) is 22.1 Å². The summed E-state index contributed by atoms with van der Waals surface area (Å²) in [5, 5.41) is 9.02. The van der Waals surface area contributed by atoms with Crippen LogP contribution in [0.2, 0.25) is 5.02 Å². The molecule has 0 fully saturated rings. The van der Waals surface area contributed by atoms with Gasteiger partial charge in [-0.15, -0.1) is 11.8 Å². The molecule has 2 aromatic carbocycles. The highest BCUT2D eigenvalue weighted by Gasteiger charge is 2.04. The Kier molecular flexibility index (Phi) is 5.31. The van der Waals surface area contributed by atoms with E-state index in [1.165, 1.54) is 6.08 Å². The quantitative estimate of drug-likeness (QED) is 0.625. The molecule has 21 heavy (non-hydrogen) atoms. The highest BCUT2D eigenvalue weighted by Crippen LogP contribution is 2.31. The number of aliphatic carboxylic acids is 1. The predicted molar refractivity (Wildman–Crippen MR) is 86.4 cm³/mol. The Morgan fingerprint density at radius 2 is 1.95 bits per heavy atom. The number of carboxylic acids is 1. The Morgan fingerprint density at radius 1 is 1.24 bits per heavy atom. The van der Waals surface area contributed by atoms with Crippen LogP contribution in [0.15, 0.2) is 53.4 Å². The van der Waals surface area contributed by atoms with Crippen molar-refractivity contribution in [1.82, 2.24) is 0 Å². The van der Waals surface area contributed by atoms with Gasteiger partial charge >= 0.3 is 5.97 Å². The lowest BCUT2D eigenvalue weighted by atomic mass is 10.2. The Balaban J connectivity index is 2.14. The number of ether oxygens (including phenoxy) is 1. The first kappa shape index (κ1) is 15.5. The fourth-order valence-corrected chi connectivity index (χ4v) is 2.28. The summed E-state index contributed by atoms with van der Waals surface area (Å²) in [5.41, 5.74) is 0.701. The van der Waals surface area contributed by atoms with Gasteiger partial charge in [-0.2, -0.15) is 0 Å². The Bertz CT molecular complexity index is 666. The maximum atomic E-state index is 10.5. The van der Waals surface area contributed by atoms with Crippen molar-refractivity contribution < 1.29 is 14.6 Å². The van der Waals surface area contributed by atoms with Crippen LogP contribution in [0.3, 0.4) is 0 Å². The number of halogens is 1. The van der Waals surface area contributed by atoms with Crippen molar-refractivity contribution in [1.29, 1.82) is 0 Å². The lowest BCUT2D eigenvalue weighted by molar-refractivity contribution is -0.131. The average Bonchev–Trinajstić information content (AvgIpc) is 2.48. The van der Waals surface area contributed by atoms with Crippen LogP contribution in [0.4, 0.5) is 0 Å². The van der Waals surface area contributed by atoms with Crippen molar-refractivity contribution in [3.8, 4) is 11.5 Å². The summed E-state index contributed by atoms with van der Waals surface area (Å²) >= 11 is 7.80. The zero-order chi connectivity index (χ0) is 15.2. The van der Waals surface area contributed by atoms with E-state index in [1.807, 2.05) is 30.5 Å². The van der Waals surface area contributed by atoms with E-state index in [9.17, 15) is 4.79 Å². The maximum Gasteiger partial charge on any atom is 0.328 e. The third-order valence-corrected chi connectivity index (χ3v) is 3.70. The number of rotatable bonds is 5. The van der Waals surface area contributed by atoms with E-state index in [4.69, 9.17) is 21.4 Å². The van der Waals surface area contributed by atoms with E-state index < -0.39 is 5.97 Å². The molecule has 3 nitrogen and oxygen atoms in total. The Hall–Kier alpha value is -1.91. The lowest BCUT2D eigenvalue weighted by Crippen LogP contribution is -1.87. The van der Waals surface area contributed by atoms with Gasteiger partial charge in [0.25, 0.3) is 0 Å². The number of thioether (sulfide) groups is 1. The van der Waals surface area contributed by atoms with E-state index in [0.717, 1.165) is 11.0 Å². The topological polar surface area (TPSA) is 46.5 Å². The van der Waals surface area contributed by atoms with E-state index in [-0.39, 0.29) is 0 Å². The number of hydrogen-bond donors (Lipinski definition) is 1. The van der Waals surface area contributed by atoms with Crippen LogP contribution in [-0.4, -0.2) is 17.3 Å². The average molecular weight is 321 g/mol. The number of carboxylic acid groups (broad SMARTS) is 1. The summed E-state index contributed by atoms with van der Waals surface area (Å²) in [6.07, 6.45) is 4.55. The summed E-state index contributed by atoms with van der Waals surface area (Å²) < 4.78 is 5.71. The standard InChI is InChI=1S/C16H13ClO3S/c1-21-13-6-4-12(5-7-13)20-15-8-2-11(10-14(15)17)3-9-16(18)19/h2-10H,1H3,(H,18,19)/b9-3+. The molecule has 0 heterocycles. The third-order valence-electron chi connectivity index (χ3n) is 2.66. The van der Waals surface area contributed by atoms with Gasteiger partial charge in [0.1, 0.15) is 11.5 Å². The number of carbonyl (C=O) groups is 1. The molecule has 5 heteroatoms. The van der Waals surface area contributed by atoms with Crippen LogP contribution >= 0.6 is 23.4 Å². The molecule has 0 amide bonds. The van der Waals surface area contributed by atoms with Crippen molar-refractivity contribution in [2.45, 2.75) is 4.90 Å². The molecule has 2 aromatic rings. The molecule has 0 aliphatic rings. The van der Waals surface area contributed by atoms with Crippen LogP contribution < -0.4 is 4.74 Å². The van der Waals surface area contributed by atoms with Gasteiger partial charge in [0.2, 0.25) is 0 Å². The summed E-state index contributed by atoms with van der Waals surface area (Å²) in [4.78, 5) is 11.6. The van der Waals surface area contributed by atoms with Gasteiger partial charge in [-0.3, -0.25) is 0 Å². The van der Waals surface area contributed by atoms with E-state index >= 15 is 0 Å². The second kappa shape index (κ2) is 7.20. The molecule has 2 rings (SSSR count). The van der Waals surface area contributed by atoms with Gasteiger partial charge in [0.05, 0.1) is 5.02 Å². The largest absolute Gasteiger partial charge is 0.478 e. The molecule has 0 aromatic heterocycles. The molecule has 0 atom stereocenters. The molecular formula is C16H13ClO3S. The number of benzene rings is 2. The minimum absolute atomic E-state index is 0.427. The normalized spacial score (nSPS) is 10.8. The molecule has 0 unspecified atom stereocenters. The summed E-state index contributed by atoms with van der Waals surface area (Å²) in [6, 6.07) is 12.8. The summed E-state index contributed by atoms with van der Waals surface area (Å²) in [6.45, 7) is 0. The zero-order valence-corrected chi connectivity index (χ0v) is 12.8. The van der Waals surface area contributed by atoms with E-state index in [2.05, 4.69) is 0 Å². The first-order valence-corrected chi connectivity index (χ1v) is 7.71. The van der Waals surface area contributed by atoms with Crippen molar-refractivity contribution in [2.24, 2.45) is 0 Å². The molecule has 0 saturated heterocycles. The van der Waals surface area contributed by atoms with Crippen LogP contribution in [0.5, 0.6) is 11.5 Å². The fraction of sp³-hybridized carbons (Fsp3) is 0.0625. The van der Waals surface area contributed by atoms with Gasteiger partial charge in [-0.25, -0.2) is 4.79 Å². The fourth-order valence-electron chi connectivity index (χ4n) is 1.64. The van der Waals surface area contributed by atoms with Crippen molar-refractivity contribution >= 4 is 35.4 Å². The predicted octanol–water partition coefficient (Wildman–Crippen LogP) is 4.95. The SMILES string of the molecule is CSc1ccc(Oc2ccc(/C=C/C(=O)O)cc2Cl)cc1. The van der Waals surface area contributed by atoms with Crippen LogP contribution in [0, 0.1) is 0 Å². The molecule has 0 bridgehead atoms. The van der Waals surface area contributed by atoms with Gasteiger partial charge in [-0.05, 0) is 54.3 Å². The molecule has 0 aliphatic carbocycles. The van der Waals surface area contributed by atoms with Crippen molar-refractivity contribution in [3.63, 3.8) is 0 Å². The van der Waals surface area contributed by atoms with Crippen LogP contribution in [0.25, 0.3) is 6.08 Å². The molecule has 0 saturated carbocycles. The minimum Gasteiger partial charge on any atom is -0.478 e. The van der Waals surface area contributed by atoms with Crippen LogP contribution in [0.1, 0.15) is 5.56 Å². The monoisotopic (exact) mass is 320 g/mol. The first-order valence-electron chi connectivity index (χ1n) is 6.11. The van der Waals surface area contributed by atoms with Crippen molar-refractivity contribution in [3.05, 3.63) is 59.1 Å². The molecule has 0 radical (unpaired) electrons. The molecule has 108 valence electrons. The van der Waals surface area contributed by atoms with Crippen LogP contribution in [-0.2, 0) is 4.79 Å². The zero-order valence-electron chi connectivity index (χ0n) is 11.2. The first-order chi connectivity index (χ1) is 10.1. The van der Waals surface area contributed by atoms with Crippen molar-refractivity contribution in [2.75, 3.05) is 6.26 Å². The Morgan fingerprint density at radius 3 is 2.52 bits per heavy atom. The second-order valence-electron chi connectivity index (χ2n) is 4.14. The lowest BCUT2D eigenvalue weighted by Gasteiger charge is -2.08. The highest BCUT2D eigenvalue weighted by molar-refractivity contribution is 7.98. The smallest absolute Gasteiger partial charge is 0.328 e. The summed E-state index contributed by atoms with van der Waals surface area (Å²) in [5.74, 6) is 0.227. The minimum atomic E-state index is -1.000. The number of hydrogen-bond acceptors (Lipinski definition) is 3. The third kappa shape index (κ3) is 4.55. The molecule has 0 spiro atoms. The molecule has 1 N–H and O–H groups in total. The van der Waals surface area contributed by atoms with Gasteiger partial charge < -0.3 is 9.84 Å². The molecular weight excluding hydrogens is 308 g/mol. The Labute approximate surface area is 132 Å². The second-order valence-corrected chi connectivity index (χ2v) is 5.43. The maximum absolute atomic E-state index is 10.5. The highest BCUT2D eigenvalue weighted by atomic mass is 35.5. The summed E-state index contributed by atoms with van der Waals surface area (Å²) in [7, 11) is 0.